The average Bonchev–Trinajstić information content (AvgIpc) is 2.11. The van der Waals surface area contributed by atoms with Gasteiger partial charge in [0.05, 0.1) is 5.75 Å². The molecule has 4 nitrogen and oxygen atoms in total. The topological polar surface area (TPSA) is 49.4 Å². The Hall–Kier alpha value is -0.130. The third-order valence-corrected chi connectivity index (χ3v) is 3.99. The predicted molar refractivity (Wildman–Crippen MR) is 59.8 cm³/mol. The fraction of sp³-hybridized carbons (Fsp3) is 1.00. The minimum atomic E-state index is -3.03. The Balaban J connectivity index is 4.04. The fourth-order valence-electron chi connectivity index (χ4n) is 0.949. The maximum absolute atomic E-state index is 11.6. The molecule has 0 aliphatic rings. The monoisotopic (exact) mass is 222 g/mol. The summed E-state index contributed by atoms with van der Waals surface area (Å²) in [6, 6.07) is 0. The fourth-order valence-corrected chi connectivity index (χ4v) is 2.40. The quantitative estimate of drug-likeness (QED) is 0.683. The summed E-state index contributed by atoms with van der Waals surface area (Å²) in [5.41, 5.74) is 0. The van der Waals surface area contributed by atoms with E-state index in [4.69, 9.17) is 0 Å². The van der Waals surface area contributed by atoms with Crippen LogP contribution in [0, 0.1) is 5.92 Å². The molecule has 1 N–H and O–H groups in total. The summed E-state index contributed by atoms with van der Waals surface area (Å²) in [6.45, 7) is 5.29. The van der Waals surface area contributed by atoms with Gasteiger partial charge in [0.15, 0.2) is 0 Å². The van der Waals surface area contributed by atoms with Crippen molar-refractivity contribution < 1.29 is 8.42 Å². The van der Waals surface area contributed by atoms with Gasteiger partial charge in [0, 0.05) is 20.1 Å². The van der Waals surface area contributed by atoms with Crippen LogP contribution in [0.5, 0.6) is 0 Å². The first-order valence-electron chi connectivity index (χ1n) is 4.98. The largest absolute Gasteiger partial charge is 0.318 e. The molecule has 0 bridgehead atoms. The molecule has 0 saturated heterocycles. The van der Waals surface area contributed by atoms with Crippen LogP contribution in [-0.4, -0.2) is 45.7 Å². The molecule has 5 heteroatoms. The van der Waals surface area contributed by atoms with Gasteiger partial charge in [0.1, 0.15) is 0 Å². The maximum atomic E-state index is 11.6. The molecule has 0 aromatic rings. The van der Waals surface area contributed by atoms with Crippen molar-refractivity contribution >= 4 is 10.0 Å². The molecule has 0 aliphatic carbocycles. The molecular formula is C9H22N2O2S. The van der Waals surface area contributed by atoms with E-state index in [9.17, 15) is 8.42 Å². The zero-order valence-electron chi connectivity index (χ0n) is 9.58. The van der Waals surface area contributed by atoms with Crippen molar-refractivity contribution in [2.75, 3.05) is 32.9 Å². The van der Waals surface area contributed by atoms with E-state index in [1.165, 1.54) is 4.31 Å². The van der Waals surface area contributed by atoms with Crippen molar-refractivity contribution in [3.8, 4) is 0 Å². The van der Waals surface area contributed by atoms with Crippen LogP contribution in [0.4, 0.5) is 0 Å². The van der Waals surface area contributed by atoms with Crippen LogP contribution < -0.4 is 5.32 Å². The van der Waals surface area contributed by atoms with E-state index in [-0.39, 0.29) is 5.75 Å². The molecule has 0 atom stereocenters. The standard InChI is InChI=1S/C9H22N2O2S/c1-9(2)5-8-14(12,13)11(4)7-6-10-3/h9-10H,5-8H2,1-4H3. The van der Waals surface area contributed by atoms with E-state index in [1.54, 1.807) is 7.05 Å². The van der Waals surface area contributed by atoms with E-state index in [0.717, 1.165) is 6.42 Å². The summed E-state index contributed by atoms with van der Waals surface area (Å²) in [6.07, 6.45) is 0.728. The van der Waals surface area contributed by atoms with Gasteiger partial charge in [-0.25, -0.2) is 12.7 Å². The Morgan fingerprint density at radius 3 is 2.36 bits per heavy atom. The first-order valence-corrected chi connectivity index (χ1v) is 6.59. The molecule has 0 unspecified atom stereocenters. The molecule has 0 rings (SSSR count). The zero-order valence-corrected chi connectivity index (χ0v) is 10.4. The Morgan fingerprint density at radius 1 is 1.36 bits per heavy atom. The number of nitrogens with zero attached hydrogens (tertiary/aromatic N) is 1. The van der Waals surface area contributed by atoms with E-state index in [2.05, 4.69) is 5.32 Å². The van der Waals surface area contributed by atoms with Gasteiger partial charge in [-0.15, -0.1) is 0 Å². The SMILES string of the molecule is CNCCN(C)S(=O)(=O)CCC(C)C. The summed E-state index contributed by atoms with van der Waals surface area (Å²) >= 11 is 0. The highest BCUT2D eigenvalue weighted by molar-refractivity contribution is 7.89. The lowest BCUT2D eigenvalue weighted by Gasteiger charge is -2.17. The van der Waals surface area contributed by atoms with Gasteiger partial charge < -0.3 is 5.32 Å². The molecular weight excluding hydrogens is 200 g/mol. The number of sulfonamides is 1. The van der Waals surface area contributed by atoms with Crippen LogP contribution in [0.1, 0.15) is 20.3 Å². The Morgan fingerprint density at radius 2 is 1.93 bits per heavy atom. The van der Waals surface area contributed by atoms with Crippen LogP contribution in [0.3, 0.4) is 0 Å². The molecule has 0 fully saturated rings. The zero-order chi connectivity index (χ0) is 11.2. The van der Waals surface area contributed by atoms with Gasteiger partial charge in [-0.2, -0.15) is 0 Å². The van der Waals surface area contributed by atoms with Crippen LogP contribution >= 0.6 is 0 Å². The van der Waals surface area contributed by atoms with Gasteiger partial charge in [-0.3, -0.25) is 0 Å². The Bertz CT molecular complexity index is 237. The highest BCUT2D eigenvalue weighted by Gasteiger charge is 2.16. The number of hydrogen-bond donors (Lipinski definition) is 1. The summed E-state index contributed by atoms with van der Waals surface area (Å²) in [5.74, 6) is 0.688. The minimum Gasteiger partial charge on any atom is -0.318 e. The van der Waals surface area contributed by atoms with Crippen molar-refractivity contribution in [3.63, 3.8) is 0 Å². The second-order valence-electron chi connectivity index (χ2n) is 3.92. The van der Waals surface area contributed by atoms with E-state index < -0.39 is 10.0 Å². The van der Waals surface area contributed by atoms with Crippen molar-refractivity contribution in [3.05, 3.63) is 0 Å². The van der Waals surface area contributed by atoms with Crippen LogP contribution in [0.25, 0.3) is 0 Å². The van der Waals surface area contributed by atoms with Crippen molar-refractivity contribution in [1.82, 2.24) is 9.62 Å². The molecule has 0 aromatic carbocycles. The minimum absolute atomic E-state index is 0.255. The van der Waals surface area contributed by atoms with E-state index >= 15 is 0 Å². The van der Waals surface area contributed by atoms with Crippen LogP contribution in [-0.2, 0) is 10.0 Å². The van der Waals surface area contributed by atoms with Gasteiger partial charge in [-0.1, -0.05) is 13.8 Å². The van der Waals surface area contributed by atoms with Crippen LogP contribution in [0.15, 0.2) is 0 Å². The summed E-state index contributed by atoms with van der Waals surface area (Å²) in [5, 5.41) is 2.93. The first-order chi connectivity index (χ1) is 6.40. The lowest BCUT2D eigenvalue weighted by molar-refractivity contribution is 0.460. The molecule has 0 radical (unpaired) electrons. The maximum Gasteiger partial charge on any atom is 0.213 e. The first kappa shape index (κ1) is 13.9. The second-order valence-corrected chi connectivity index (χ2v) is 6.12. The third kappa shape index (κ3) is 5.57. The highest BCUT2D eigenvalue weighted by Crippen LogP contribution is 2.05. The second kappa shape index (κ2) is 6.37. The van der Waals surface area contributed by atoms with Crippen molar-refractivity contribution in [1.29, 1.82) is 0 Å². The summed E-state index contributed by atoms with van der Waals surface area (Å²) < 4.78 is 24.7. The summed E-state index contributed by atoms with van der Waals surface area (Å²) in [7, 11) is 0.412. The molecule has 14 heavy (non-hydrogen) atoms. The number of rotatable bonds is 7. The van der Waals surface area contributed by atoms with Crippen molar-refractivity contribution in [2.45, 2.75) is 20.3 Å². The van der Waals surface area contributed by atoms with Gasteiger partial charge in [0.25, 0.3) is 0 Å². The van der Waals surface area contributed by atoms with E-state index in [1.807, 2.05) is 20.9 Å². The normalized spacial score (nSPS) is 12.7. The molecule has 0 spiro atoms. The smallest absolute Gasteiger partial charge is 0.213 e. The third-order valence-electron chi connectivity index (χ3n) is 2.10. The Kier molecular flexibility index (Phi) is 6.31. The lowest BCUT2D eigenvalue weighted by Crippen LogP contribution is -2.34. The van der Waals surface area contributed by atoms with Gasteiger partial charge in [0.2, 0.25) is 10.0 Å². The number of hydrogen-bond acceptors (Lipinski definition) is 3. The van der Waals surface area contributed by atoms with E-state index in [0.29, 0.717) is 19.0 Å². The molecule has 0 saturated carbocycles. The lowest BCUT2D eigenvalue weighted by atomic mass is 10.2. The number of likely N-dealkylation sites (N-methyl/N-ethyl adjacent to an activating group) is 2. The molecule has 0 heterocycles. The number of nitrogens with one attached hydrogen (secondary N) is 1. The highest BCUT2D eigenvalue weighted by atomic mass is 32.2. The summed E-state index contributed by atoms with van der Waals surface area (Å²) in [4.78, 5) is 0. The molecule has 86 valence electrons. The van der Waals surface area contributed by atoms with Crippen molar-refractivity contribution in [2.24, 2.45) is 5.92 Å². The molecule has 0 amide bonds. The predicted octanol–water partition coefficient (Wildman–Crippen LogP) is 0.513. The Labute approximate surface area is 87.7 Å². The van der Waals surface area contributed by atoms with Gasteiger partial charge >= 0.3 is 0 Å². The molecule has 0 aliphatic heterocycles. The van der Waals surface area contributed by atoms with Gasteiger partial charge in [-0.05, 0) is 19.4 Å². The average molecular weight is 222 g/mol. The van der Waals surface area contributed by atoms with Crippen LogP contribution in [0.2, 0.25) is 0 Å². The molecule has 0 aromatic heterocycles.